The van der Waals surface area contributed by atoms with Crippen molar-refractivity contribution in [1.82, 2.24) is 4.68 Å². The molecule has 0 amide bonds. The number of pyridine rings is 1. The predicted molar refractivity (Wildman–Crippen MR) is 136 cm³/mol. The summed E-state index contributed by atoms with van der Waals surface area (Å²) >= 11 is 3.65. The first-order valence-electron chi connectivity index (χ1n) is 10.9. The van der Waals surface area contributed by atoms with Gasteiger partial charge in [0.05, 0.1) is 24.0 Å². The van der Waals surface area contributed by atoms with Crippen molar-refractivity contribution in [3.05, 3.63) is 86.2 Å². The average Bonchev–Trinajstić information content (AvgIpc) is 2.79. The van der Waals surface area contributed by atoms with Crippen LogP contribution in [0.2, 0.25) is 0 Å². The predicted octanol–water partition coefficient (Wildman–Crippen LogP) is 5.53. The number of nitrogens with zero attached hydrogens (tertiary/aromatic N) is 2. The molecule has 0 aliphatic carbocycles. The molecular formula is C26H29BrN2O5. The molecule has 3 rings (SSSR count). The summed E-state index contributed by atoms with van der Waals surface area (Å²) in [5.41, 5.74) is 0.902. The first-order valence-corrected chi connectivity index (χ1v) is 11.7. The Morgan fingerprint density at radius 2 is 1.79 bits per heavy atom. The lowest BCUT2D eigenvalue weighted by Crippen LogP contribution is -2.47. The second-order valence-electron chi connectivity index (χ2n) is 8.72. The number of anilines is 1. The van der Waals surface area contributed by atoms with E-state index in [2.05, 4.69) is 15.9 Å². The zero-order valence-corrected chi connectivity index (χ0v) is 21.5. The molecule has 2 aromatic carbocycles. The van der Waals surface area contributed by atoms with Gasteiger partial charge in [0, 0.05) is 28.9 Å². The summed E-state index contributed by atoms with van der Waals surface area (Å²) in [6, 6.07) is 14.8. The Hall–Kier alpha value is -3.26. The monoisotopic (exact) mass is 528 g/mol. The number of ether oxygens (including phenoxy) is 2. The van der Waals surface area contributed by atoms with E-state index in [1.54, 1.807) is 18.0 Å². The van der Waals surface area contributed by atoms with Crippen LogP contribution in [-0.4, -0.2) is 28.4 Å². The van der Waals surface area contributed by atoms with Crippen LogP contribution in [0.25, 0.3) is 0 Å². The zero-order chi connectivity index (χ0) is 25.0. The molecule has 0 fully saturated rings. The van der Waals surface area contributed by atoms with E-state index in [4.69, 9.17) is 9.47 Å². The van der Waals surface area contributed by atoms with Crippen molar-refractivity contribution < 1.29 is 19.4 Å². The molecule has 3 aromatic rings. The van der Waals surface area contributed by atoms with Crippen molar-refractivity contribution in [2.75, 3.05) is 12.1 Å². The quantitative estimate of drug-likeness (QED) is 0.414. The van der Waals surface area contributed by atoms with Crippen LogP contribution in [-0.2, 0) is 13.0 Å². The van der Waals surface area contributed by atoms with Gasteiger partial charge in [-0.3, -0.25) is 14.5 Å². The molecule has 1 N–H and O–H groups in total. The molecular weight excluding hydrogens is 500 g/mol. The first kappa shape index (κ1) is 25.4. The van der Waals surface area contributed by atoms with E-state index >= 15 is 0 Å². The van der Waals surface area contributed by atoms with Crippen LogP contribution in [0, 0.1) is 0 Å². The number of hydrogen-bond acceptors (Lipinski definition) is 5. The summed E-state index contributed by atoms with van der Waals surface area (Å²) in [5.74, 6) is -0.149. The van der Waals surface area contributed by atoms with Crippen LogP contribution in [0.4, 0.5) is 5.69 Å². The molecule has 0 spiro atoms. The third kappa shape index (κ3) is 5.28. The number of carboxylic acid groups (broad SMARTS) is 1. The van der Waals surface area contributed by atoms with Gasteiger partial charge >= 0.3 is 5.97 Å². The Bertz CT molecular complexity index is 1230. The molecule has 0 saturated heterocycles. The lowest BCUT2D eigenvalue weighted by Gasteiger charge is -2.41. The standard InChI is InChI=1S/C26H29BrN2O5/c1-6-19-24(25(31)32)21(30)12-13-28(19)29(26(2,3)4)20-15-23(22(33-5)14-18(20)27)34-16-17-10-8-7-9-11-17/h7-15H,6,16H2,1-5H3,(H,31,32). The van der Waals surface area contributed by atoms with E-state index in [0.717, 1.165) is 15.7 Å². The van der Waals surface area contributed by atoms with Crippen molar-refractivity contribution in [2.45, 2.75) is 46.3 Å². The maximum absolute atomic E-state index is 12.4. The summed E-state index contributed by atoms with van der Waals surface area (Å²) in [5, 5.41) is 11.7. The Balaban J connectivity index is 2.19. The molecule has 180 valence electrons. The Morgan fingerprint density at radius 3 is 2.35 bits per heavy atom. The Labute approximate surface area is 207 Å². The second kappa shape index (κ2) is 10.3. The van der Waals surface area contributed by atoms with Crippen LogP contribution in [0.3, 0.4) is 0 Å². The van der Waals surface area contributed by atoms with Gasteiger partial charge in [-0.1, -0.05) is 37.3 Å². The highest BCUT2D eigenvalue weighted by molar-refractivity contribution is 9.10. The summed E-state index contributed by atoms with van der Waals surface area (Å²) in [7, 11) is 1.58. The molecule has 1 heterocycles. The highest BCUT2D eigenvalue weighted by Crippen LogP contribution is 2.41. The van der Waals surface area contributed by atoms with Gasteiger partial charge in [-0.05, 0) is 48.7 Å². The topological polar surface area (TPSA) is 81.0 Å². The molecule has 0 unspecified atom stereocenters. The summed E-state index contributed by atoms with van der Waals surface area (Å²) in [4.78, 5) is 24.3. The molecule has 0 saturated carbocycles. The molecule has 34 heavy (non-hydrogen) atoms. The minimum Gasteiger partial charge on any atom is -0.493 e. The number of aromatic carboxylic acids is 1. The van der Waals surface area contributed by atoms with Crippen LogP contribution in [0.5, 0.6) is 11.5 Å². The number of halogens is 1. The van der Waals surface area contributed by atoms with Crippen LogP contribution in [0.1, 0.15) is 49.3 Å². The Morgan fingerprint density at radius 1 is 1.12 bits per heavy atom. The molecule has 0 bridgehead atoms. The van der Waals surface area contributed by atoms with E-state index in [1.165, 1.54) is 6.07 Å². The molecule has 1 aromatic heterocycles. The number of methoxy groups -OCH3 is 1. The van der Waals surface area contributed by atoms with Gasteiger partial charge in [-0.25, -0.2) is 4.79 Å². The van der Waals surface area contributed by atoms with Gasteiger partial charge in [0.25, 0.3) is 0 Å². The summed E-state index contributed by atoms with van der Waals surface area (Å²) in [6.45, 7) is 8.20. The van der Waals surface area contributed by atoms with Gasteiger partial charge < -0.3 is 14.6 Å². The lowest BCUT2D eigenvalue weighted by atomic mass is 10.1. The highest BCUT2D eigenvalue weighted by atomic mass is 79.9. The molecule has 8 heteroatoms. The van der Waals surface area contributed by atoms with Gasteiger partial charge in [0.2, 0.25) is 0 Å². The van der Waals surface area contributed by atoms with E-state index < -0.39 is 16.9 Å². The third-order valence-corrected chi connectivity index (χ3v) is 5.91. The van der Waals surface area contributed by atoms with Crippen LogP contribution in [0.15, 0.2) is 64.0 Å². The zero-order valence-electron chi connectivity index (χ0n) is 20.0. The molecule has 7 nitrogen and oxygen atoms in total. The van der Waals surface area contributed by atoms with E-state index in [9.17, 15) is 14.7 Å². The fourth-order valence-corrected chi connectivity index (χ4v) is 4.31. The number of aromatic nitrogens is 1. The second-order valence-corrected chi connectivity index (χ2v) is 9.57. The minimum atomic E-state index is -1.24. The van der Waals surface area contributed by atoms with Gasteiger partial charge in [0.1, 0.15) is 12.2 Å². The van der Waals surface area contributed by atoms with Gasteiger partial charge in [0.15, 0.2) is 16.9 Å². The number of rotatable bonds is 8. The van der Waals surface area contributed by atoms with Crippen molar-refractivity contribution >= 4 is 27.6 Å². The summed E-state index contributed by atoms with van der Waals surface area (Å²) in [6.07, 6.45) is 1.97. The van der Waals surface area contributed by atoms with Gasteiger partial charge in [-0.2, -0.15) is 0 Å². The highest BCUT2D eigenvalue weighted by Gasteiger charge is 2.30. The third-order valence-electron chi connectivity index (χ3n) is 5.28. The normalized spacial score (nSPS) is 11.2. The molecule has 0 aliphatic rings. The smallest absolute Gasteiger partial charge is 0.341 e. The fourth-order valence-electron chi connectivity index (χ4n) is 3.82. The maximum atomic E-state index is 12.4. The SMILES string of the molecule is CCc1c(C(=O)O)c(=O)ccn1N(c1cc(OCc2ccccc2)c(OC)cc1Br)C(C)(C)C. The fraction of sp³-hybridized carbons (Fsp3) is 0.308. The van der Waals surface area contributed by atoms with E-state index in [0.29, 0.717) is 30.2 Å². The van der Waals surface area contributed by atoms with Crippen LogP contribution < -0.4 is 19.9 Å². The molecule has 0 atom stereocenters. The van der Waals surface area contributed by atoms with Crippen LogP contribution >= 0.6 is 15.9 Å². The summed E-state index contributed by atoms with van der Waals surface area (Å²) < 4.78 is 14.1. The molecule has 0 aliphatic heterocycles. The average molecular weight is 529 g/mol. The van der Waals surface area contributed by atoms with E-state index in [-0.39, 0.29) is 5.56 Å². The maximum Gasteiger partial charge on any atom is 0.341 e. The van der Waals surface area contributed by atoms with Crippen molar-refractivity contribution in [1.29, 1.82) is 0 Å². The number of hydrogen-bond donors (Lipinski definition) is 1. The lowest BCUT2D eigenvalue weighted by molar-refractivity contribution is 0.0693. The van der Waals surface area contributed by atoms with Crippen molar-refractivity contribution in [2.24, 2.45) is 0 Å². The minimum absolute atomic E-state index is 0.232. The van der Waals surface area contributed by atoms with Gasteiger partial charge in [-0.15, -0.1) is 0 Å². The first-order chi connectivity index (χ1) is 16.1. The van der Waals surface area contributed by atoms with Crippen molar-refractivity contribution in [3.63, 3.8) is 0 Å². The number of carbonyl (C=O) groups is 1. The largest absolute Gasteiger partial charge is 0.493 e. The van der Waals surface area contributed by atoms with Crippen molar-refractivity contribution in [3.8, 4) is 11.5 Å². The molecule has 0 radical (unpaired) electrons. The number of carboxylic acids is 1. The van der Waals surface area contributed by atoms with E-state index in [1.807, 2.05) is 75.2 Å². The Kier molecular flexibility index (Phi) is 7.71. The number of benzene rings is 2.